The van der Waals surface area contributed by atoms with E-state index in [1.165, 1.54) is 15.8 Å². The van der Waals surface area contributed by atoms with Crippen LogP contribution in [-0.2, 0) is 24.2 Å². The number of amides is 2. The Morgan fingerprint density at radius 2 is 2.00 bits per heavy atom. The minimum absolute atomic E-state index is 0.0441. The third-order valence-electron chi connectivity index (χ3n) is 6.22. The largest absolute Gasteiger partial charge is 0.383 e. The zero-order chi connectivity index (χ0) is 22.3. The number of hydrogen-bond donors (Lipinski definition) is 2. The second kappa shape index (κ2) is 7.79. The summed E-state index contributed by atoms with van der Waals surface area (Å²) in [5, 5.41) is 4.54. The minimum Gasteiger partial charge on any atom is -0.383 e. The Bertz CT molecular complexity index is 1050. The van der Waals surface area contributed by atoms with E-state index in [0.29, 0.717) is 12.1 Å². The predicted molar refractivity (Wildman–Crippen MR) is 112 cm³/mol. The molecule has 0 bridgehead atoms. The number of hydrogen-bond acceptors (Lipinski definition) is 4. The van der Waals surface area contributed by atoms with Gasteiger partial charge in [-0.3, -0.25) is 9.59 Å². The Balaban J connectivity index is 1.65. The van der Waals surface area contributed by atoms with Crippen molar-refractivity contribution < 1.29 is 18.4 Å². The minimum atomic E-state index is -3.01. The van der Waals surface area contributed by atoms with Crippen LogP contribution in [0.4, 0.5) is 14.6 Å². The zero-order valence-corrected chi connectivity index (χ0v) is 17.1. The SMILES string of the molecule is C=CC(=O)N1CC(F)(F)CC1Cn1nc(C2CCc3ccccc3C2)c(C(N)=O)c1N. The molecule has 4 N–H and O–H groups in total. The summed E-state index contributed by atoms with van der Waals surface area (Å²) in [4.78, 5) is 25.3. The normalized spacial score (nSPS) is 22.2. The second-order valence-electron chi connectivity index (χ2n) is 8.28. The molecule has 2 amide bonds. The number of carbonyl (C=O) groups excluding carboxylic acids is 2. The highest BCUT2D eigenvalue weighted by Gasteiger charge is 2.47. The van der Waals surface area contributed by atoms with Gasteiger partial charge in [-0.15, -0.1) is 0 Å². The zero-order valence-electron chi connectivity index (χ0n) is 17.1. The van der Waals surface area contributed by atoms with Crippen LogP contribution in [0.5, 0.6) is 0 Å². The summed E-state index contributed by atoms with van der Waals surface area (Å²) < 4.78 is 29.4. The summed E-state index contributed by atoms with van der Waals surface area (Å²) in [6.45, 7) is 2.66. The molecule has 1 aromatic carbocycles. The topological polar surface area (TPSA) is 107 Å². The molecular formula is C22H25F2N5O2. The lowest BCUT2D eigenvalue weighted by Gasteiger charge is -2.24. The third-order valence-corrected chi connectivity index (χ3v) is 6.22. The molecular weight excluding hydrogens is 404 g/mol. The molecule has 31 heavy (non-hydrogen) atoms. The molecule has 1 fully saturated rings. The number of halogens is 2. The maximum atomic E-state index is 14.0. The van der Waals surface area contributed by atoms with Crippen LogP contribution in [0.1, 0.15) is 45.9 Å². The van der Waals surface area contributed by atoms with Gasteiger partial charge in [0.25, 0.3) is 11.8 Å². The van der Waals surface area contributed by atoms with E-state index in [9.17, 15) is 18.4 Å². The quantitative estimate of drug-likeness (QED) is 0.711. The van der Waals surface area contributed by atoms with Crippen molar-refractivity contribution in [3.05, 3.63) is 59.3 Å². The summed E-state index contributed by atoms with van der Waals surface area (Å²) in [5.41, 5.74) is 14.9. The number of nitrogens with two attached hydrogens (primary N) is 2. The van der Waals surface area contributed by atoms with E-state index in [-0.39, 0.29) is 23.8 Å². The molecule has 9 heteroatoms. The number of carbonyl (C=O) groups is 2. The Morgan fingerprint density at radius 1 is 1.29 bits per heavy atom. The third kappa shape index (κ3) is 3.92. The van der Waals surface area contributed by atoms with Crippen LogP contribution < -0.4 is 11.5 Å². The van der Waals surface area contributed by atoms with E-state index in [1.54, 1.807) is 0 Å². The Morgan fingerprint density at radius 3 is 2.68 bits per heavy atom. The number of nitrogen functional groups attached to an aromatic ring is 1. The highest BCUT2D eigenvalue weighted by atomic mass is 19.3. The molecule has 2 atom stereocenters. The number of fused-ring (bicyclic) bond motifs is 1. The fourth-order valence-electron chi connectivity index (χ4n) is 4.74. The van der Waals surface area contributed by atoms with Crippen molar-refractivity contribution in [2.24, 2.45) is 5.73 Å². The highest BCUT2D eigenvalue weighted by Crippen LogP contribution is 2.37. The van der Waals surface area contributed by atoms with Crippen molar-refractivity contribution >= 4 is 17.6 Å². The summed E-state index contributed by atoms with van der Waals surface area (Å²) >= 11 is 0. The maximum Gasteiger partial charge on any atom is 0.267 e. The number of aryl methyl sites for hydroxylation is 1. The summed E-state index contributed by atoms with van der Waals surface area (Å²) in [6, 6.07) is 7.27. The smallest absolute Gasteiger partial charge is 0.267 e. The molecule has 0 saturated carbocycles. The van der Waals surface area contributed by atoms with E-state index >= 15 is 0 Å². The van der Waals surface area contributed by atoms with Crippen molar-refractivity contribution in [2.75, 3.05) is 12.3 Å². The van der Waals surface area contributed by atoms with Gasteiger partial charge in [0.2, 0.25) is 5.91 Å². The van der Waals surface area contributed by atoms with E-state index < -0.39 is 36.7 Å². The molecule has 1 aromatic heterocycles. The molecule has 0 radical (unpaired) electrons. The average molecular weight is 429 g/mol. The number of rotatable bonds is 5. The number of nitrogens with zero attached hydrogens (tertiary/aromatic N) is 3. The van der Waals surface area contributed by atoms with Crippen LogP contribution in [0.3, 0.4) is 0 Å². The Labute approximate surface area is 178 Å². The van der Waals surface area contributed by atoms with Gasteiger partial charge < -0.3 is 16.4 Å². The van der Waals surface area contributed by atoms with E-state index in [1.807, 2.05) is 18.2 Å². The van der Waals surface area contributed by atoms with Gasteiger partial charge in [-0.25, -0.2) is 13.5 Å². The van der Waals surface area contributed by atoms with Crippen LogP contribution in [-0.4, -0.2) is 45.0 Å². The fourth-order valence-corrected chi connectivity index (χ4v) is 4.74. The molecule has 4 rings (SSSR count). The monoisotopic (exact) mass is 429 g/mol. The van der Waals surface area contributed by atoms with Gasteiger partial charge >= 0.3 is 0 Å². The van der Waals surface area contributed by atoms with E-state index in [0.717, 1.165) is 23.8 Å². The molecule has 0 spiro atoms. The van der Waals surface area contributed by atoms with Crippen LogP contribution in [0.2, 0.25) is 0 Å². The molecule has 2 aliphatic rings. The Hall–Kier alpha value is -3.23. The van der Waals surface area contributed by atoms with Gasteiger partial charge in [-0.2, -0.15) is 5.10 Å². The van der Waals surface area contributed by atoms with Gasteiger partial charge in [-0.05, 0) is 36.5 Å². The molecule has 1 aliphatic heterocycles. The first-order valence-electron chi connectivity index (χ1n) is 10.2. The number of likely N-dealkylation sites (tertiary alicyclic amines) is 1. The summed E-state index contributed by atoms with van der Waals surface area (Å²) in [6.07, 6.45) is 2.80. The highest BCUT2D eigenvalue weighted by molar-refractivity contribution is 5.98. The molecule has 1 saturated heterocycles. The molecule has 2 unspecified atom stereocenters. The van der Waals surface area contributed by atoms with E-state index in [2.05, 4.69) is 17.7 Å². The molecule has 2 aromatic rings. The van der Waals surface area contributed by atoms with Crippen LogP contribution in [0, 0.1) is 0 Å². The first-order valence-corrected chi connectivity index (χ1v) is 10.2. The maximum absolute atomic E-state index is 14.0. The lowest BCUT2D eigenvalue weighted by molar-refractivity contribution is -0.128. The van der Waals surface area contributed by atoms with Gasteiger partial charge in [0.05, 0.1) is 24.8 Å². The molecule has 164 valence electrons. The number of aromatic nitrogens is 2. The van der Waals surface area contributed by atoms with Gasteiger partial charge in [0, 0.05) is 12.3 Å². The van der Waals surface area contributed by atoms with Crippen molar-refractivity contribution in [1.82, 2.24) is 14.7 Å². The Kier molecular flexibility index (Phi) is 5.28. The number of alkyl halides is 2. The summed E-state index contributed by atoms with van der Waals surface area (Å²) in [5.74, 6) is -4.30. The van der Waals surface area contributed by atoms with Crippen molar-refractivity contribution in [2.45, 2.75) is 50.1 Å². The molecule has 7 nitrogen and oxygen atoms in total. The summed E-state index contributed by atoms with van der Waals surface area (Å²) in [7, 11) is 0. The average Bonchev–Trinajstić information content (AvgIpc) is 3.23. The van der Waals surface area contributed by atoms with Gasteiger partial charge in [0.15, 0.2) is 0 Å². The lowest BCUT2D eigenvalue weighted by atomic mass is 9.81. The molecule has 1 aliphatic carbocycles. The van der Waals surface area contributed by atoms with Crippen LogP contribution in [0.15, 0.2) is 36.9 Å². The first-order chi connectivity index (χ1) is 14.7. The second-order valence-corrected chi connectivity index (χ2v) is 8.28. The number of anilines is 1. The molecule has 2 heterocycles. The van der Waals surface area contributed by atoms with Crippen LogP contribution >= 0.6 is 0 Å². The van der Waals surface area contributed by atoms with Gasteiger partial charge in [0.1, 0.15) is 11.4 Å². The van der Waals surface area contributed by atoms with Crippen LogP contribution in [0.25, 0.3) is 0 Å². The number of benzene rings is 1. The first kappa shape index (κ1) is 21.0. The predicted octanol–water partition coefficient (Wildman–Crippen LogP) is 2.26. The standard InChI is InChI=1S/C22H25F2N5O2/c1-2-17(30)28-12-22(23,24)10-16(28)11-29-20(25)18(21(26)31)19(27-29)15-8-7-13-5-3-4-6-14(13)9-15/h2-6,15-16H,1,7-12,25H2,(H2,26,31). The van der Waals surface area contributed by atoms with Crippen molar-refractivity contribution in [3.8, 4) is 0 Å². The van der Waals surface area contributed by atoms with Crippen molar-refractivity contribution in [3.63, 3.8) is 0 Å². The van der Waals surface area contributed by atoms with Gasteiger partial charge in [-0.1, -0.05) is 30.8 Å². The van der Waals surface area contributed by atoms with Crippen molar-refractivity contribution in [1.29, 1.82) is 0 Å². The lowest BCUT2D eigenvalue weighted by Crippen LogP contribution is -2.38. The van der Waals surface area contributed by atoms with E-state index in [4.69, 9.17) is 11.5 Å². The fraction of sp³-hybridized carbons (Fsp3) is 0.409. The number of primary amides is 1.